The summed E-state index contributed by atoms with van der Waals surface area (Å²) in [4.78, 5) is 13.3. The van der Waals surface area contributed by atoms with Crippen LogP contribution in [-0.2, 0) is 9.53 Å². The second kappa shape index (κ2) is 6.70. The zero-order valence-corrected chi connectivity index (χ0v) is 10.2. The summed E-state index contributed by atoms with van der Waals surface area (Å²) >= 11 is 0. The highest BCUT2D eigenvalue weighted by atomic mass is 16.5. The molecule has 1 rings (SSSR count). The average Bonchev–Trinajstić information content (AvgIpc) is 2.34. The van der Waals surface area contributed by atoms with Gasteiger partial charge in [-0.05, 0) is 23.8 Å². The van der Waals surface area contributed by atoms with Crippen LogP contribution in [0, 0.1) is 0 Å². The van der Waals surface area contributed by atoms with Gasteiger partial charge in [-0.25, -0.2) is 0 Å². The minimum absolute atomic E-state index is 0.0427. The number of nitrogens with two attached hydrogens (primary N) is 1. The van der Waals surface area contributed by atoms with Gasteiger partial charge in [0.25, 0.3) is 0 Å². The van der Waals surface area contributed by atoms with Crippen molar-refractivity contribution < 1.29 is 9.53 Å². The largest absolute Gasteiger partial charge is 0.399 e. The summed E-state index contributed by atoms with van der Waals surface area (Å²) in [5.74, 6) is -0.0427. The van der Waals surface area contributed by atoms with Crippen molar-refractivity contribution in [3.63, 3.8) is 0 Å². The van der Waals surface area contributed by atoms with Crippen LogP contribution >= 0.6 is 0 Å². The van der Waals surface area contributed by atoms with Gasteiger partial charge in [0.15, 0.2) is 0 Å². The summed E-state index contributed by atoms with van der Waals surface area (Å²) in [6.07, 6.45) is 3.31. The number of carbonyl (C=O) groups excluding carboxylic acids is 1. The third kappa shape index (κ3) is 4.70. The Hall–Kier alpha value is -1.81. The van der Waals surface area contributed by atoms with Crippen molar-refractivity contribution in [2.75, 3.05) is 33.0 Å². The number of anilines is 1. The first kappa shape index (κ1) is 13.3. The van der Waals surface area contributed by atoms with Gasteiger partial charge in [0.05, 0.1) is 6.61 Å². The highest BCUT2D eigenvalue weighted by Gasteiger charge is 2.03. The molecule has 0 aromatic heterocycles. The second-order valence-electron chi connectivity index (χ2n) is 3.75. The first-order chi connectivity index (χ1) is 8.13. The number of benzene rings is 1. The molecule has 0 radical (unpaired) electrons. The molecule has 17 heavy (non-hydrogen) atoms. The molecule has 0 heterocycles. The van der Waals surface area contributed by atoms with E-state index in [2.05, 4.69) is 0 Å². The van der Waals surface area contributed by atoms with E-state index in [1.165, 1.54) is 0 Å². The zero-order chi connectivity index (χ0) is 12.7. The Morgan fingerprint density at radius 2 is 2.06 bits per heavy atom. The molecule has 0 aliphatic carbocycles. The van der Waals surface area contributed by atoms with Crippen molar-refractivity contribution in [2.45, 2.75) is 0 Å². The van der Waals surface area contributed by atoms with Gasteiger partial charge in [0.2, 0.25) is 5.91 Å². The van der Waals surface area contributed by atoms with E-state index in [1.54, 1.807) is 43.3 Å². The van der Waals surface area contributed by atoms with Crippen LogP contribution in [0.5, 0.6) is 0 Å². The highest BCUT2D eigenvalue weighted by Crippen LogP contribution is 2.07. The number of hydrogen-bond acceptors (Lipinski definition) is 3. The topological polar surface area (TPSA) is 55.6 Å². The number of nitrogens with zero attached hydrogens (tertiary/aromatic N) is 1. The first-order valence-corrected chi connectivity index (χ1v) is 5.41. The molecular formula is C13H18N2O2. The monoisotopic (exact) mass is 234 g/mol. The van der Waals surface area contributed by atoms with Crippen molar-refractivity contribution in [1.29, 1.82) is 0 Å². The number of amides is 1. The van der Waals surface area contributed by atoms with Gasteiger partial charge in [-0.3, -0.25) is 4.79 Å². The van der Waals surface area contributed by atoms with E-state index in [1.807, 2.05) is 12.1 Å². The molecule has 0 saturated carbocycles. The number of ether oxygens (including phenoxy) is 1. The predicted molar refractivity (Wildman–Crippen MR) is 69.4 cm³/mol. The molecule has 1 aromatic carbocycles. The average molecular weight is 234 g/mol. The van der Waals surface area contributed by atoms with Crippen LogP contribution in [0.3, 0.4) is 0 Å². The molecule has 0 spiro atoms. The van der Waals surface area contributed by atoms with E-state index in [0.717, 1.165) is 5.56 Å². The van der Waals surface area contributed by atoms with E-state index >= 15 is 0 Å². The Morgan fingerprint density at radius 1 is 1.41 bits per heavy atom. The number of nitrogen functional groups attached to an aromatic ring is 1. The molecule has 0 atom stereocenters. The predicted octanol–water partition coefficient (Wildman–Crippen LogP) is 1.39. The van der Waals surface area contributed by atoms with Crippen LogP contribution in [0.15, 0.2) is 30.3 Å². The van der Waals surface area contributed by atoms with Gasteiger partial charge in [-0.1, -0.05) is 12.1 Å². The minimum Gasteiger partial charge on any atom is -0.399 e. The smallest absolute Gasteiger partial charge is 0.246 e. The lowest BCUT2D eigenvalue weighted by molar-refractivity contribution is -0.125. The maximum absolute atomic E-state index is 11.6. The summed E-state index contributed by atoms with van der Waals surface area (Å²) in [7, 11) is 3.36. The van der Waals surface area contributed by atoms with Crippen molar-refractivity contribution >= 4 is 17.7 Å². The van der Waals surface area contributed by atoms with Crippen molar-refractivity contribution in [2.24, 2.45) is 0 Å². The van der Waals surface area contributed by atoms with E-state index in [-0.39, 0.29) is 5.91 Å². The lowest BCUT2D eigenvalue weighted by atomic mass is 10.2. The van der Waals surface area contributed by atoms with Gasteiger partial charge in [0.1, 0.15) is 0 Å². The van der Waals surface area contributed by atoms with Crippen LogP contribution in [0.4, 0.5) is 5.69 Å². The summed E-state index contributed by atoms with van der Waals surface area (Å²) < 4.78 is 4.91. The van der Waals surface area contributed by atoms with Gasteiger partial charge in [0, 0.05) is 32.5 Å². The zero-order valence-electron chi connectivity index (χ0n) is 10.2. The van der Waals surface area contributed by atoms with E-state index in [0.29, 0.717) is 18.8 Å². The number of likely N-dealkylation sites (N-methyl/N-ethyl adjacent to an activating group) is 1. The molecule has 1 amide bonds. The maximum atomic E-state index is 11.6. The number of carbonyl (C=O) groups is 1. The van der Waals surface area contributed by atoms with Crippen molar-refractivity contribution in [3.8, 4) is 0 Å². The van der Waals surface area contributed by atoms with E-state index in [4.69, 9.17) is 10.5 Å². The molecule has 0 aliphatic rings. The SMILES string of the molecule is COCCN(C)C(=O)/C=C/c1ccc(N)cc1. The van der Waals surface area contributed by atoms with Gasteiger partial charge in [-0.15, -0.1) is 0 Å². The third-order valence-corrected chi connectivity index (χ3v) is 2.36. The van der Waals surface area contributed by atoms with Gasteiger partial charge < -0.3 is 15.4 Å². The number of rotatable bonds is 5. The van der Waals surface area contributed by atoms with Crippen LogP contribution in [-0.4, -0.2) is 38.1 Å². The fourth-order valence-electron chi connectivity index (χ4n) is 1.24. The normalized spacial score (nSPS) is 10.7. The quantitative estimate of drug-likeness (QED) is 0.618. The Bertz CT molecular complexity index is 385. The summed E-state index contributed by atoms with van der Waals surface area (Å²) in [6.45, 7) is 1.12. The number of hydrogen-bond donors (Lipinski definition) is 1. The van der Waals surface area contributed by atoms with Crippen molar-refractivity contribution in [3.05, 3.63) is 35.9 Å². The van der Waals surface area contributed by atoms with E-state index < -0.39 is 0 Å². The first-order valence-electron chi connectivity index (χ1n) is 5.41. The lowest BCUT2D eigenvalue weighted by Crippen LogP contribution is -2.28. The molecule has 0 saturated heterocycles. The van der Waals surface area contributed by atoms with Crippen LogP contribution < -0.4 is 5.73 Å². The molecule has 4 heteroatoms. The summed E-state index contributed by atoms with van der Waals surface area (Å²) in [5.41, 5.74) is 7.24. The highest BCUT2D eigenvalue weighted by molar-refractivity contribution is 5.91. The summed E-state index contributed by atoms with van der Waals surface area (Å²) in [5, 5.41) is 0. The molecule has 0 aliphatic heterocycles. The fourth-order valence-corrected chi connectivity index (χ4v) is 1.24. The van der Waals surface area contributed by atoms with Crippen molar-refractivity contribution in [1.82, 2.24) is 4.90 Å². The van der Waals surface area contributed by atoms with Crippen LogP contribution in [0.2, 0.25) is 0 Å². The Balaban J connectivity index is 2.52. The van der Waals surface area contributed by atoms with Gasteiger partial charge >= 0.3 is 0 Å². The standard InChI is InChI=1S/C13H18N2O2/c1-15(9-10-17-2)13(16)8-5-11-3-6-12(14)7-4-11/h3-8H,9-10,14H2,1-2H3/b8-5+. The van der Waals surface area contributed by atoms with Crippen LogP contribution in [0.25, 0.3) is 6.08 Å². The maximum Gasteiger partial charge on any atom is 0.246 e. The summed E-state index contributed by atoms with van der Waals surface area (Å²) in [6, 6.07) is 7.35. The molecule has 92 valence electrons. The molecule has 4 nitrogen and oxygen atoms in total. The molecule has 0 fully saturated rings. The molecule has 2 N–H and O–H groups in total. The molecule has 0 unspecified atom stereocenters. The Labute approximate surface area is 102 Å². The van der Waals surface area contributed by atoms with E-state index in [9.17, 15) is 4.79 Å². The minimum atomic E-state index is -0.0427. The molecule has 0 bridgehead atoms. The molecule has 1 aromatic rings. The van der Waals surface area contributed by atoms with Gasteiger partial charge in [-0.2, -0.15) is 0 Å². The Morgan fingerprint density at radius 3 is 2.65 bits per heavy atom. The molecular weight excluding hydrogens is 216 g/mol. The van der Waals surface area contributed by atoms with Crippen LogP contribution in [0.1, 0.15) is 5.56 Å². The third-order valence-electron chi connectivity index (χ3n) is 2.36. The Kier molecular flexibility index (Phi) is 5.23. The fraction of sp³-hybridized carbons (Fsp3) is 0.308. The second-order valence-corrected chi connectivity index (χ2v) is 3.75. The number of methoxy groups -OCH3 is 1. The lowest BCUT2D eigenvalue weighted by Gasteiger charge is -2.13.